The summed E-state index contributed by atoms with van der Waals surface area (Å²) >= 11 is 0. The Morgan fingerprint density at radius 3 is 2.36 bits per heavy atom. The Morgan fingerprint density at radius 2 is 1.68 bits per heavy atom. The molecule has 1 aliphatic carbocycles. The van der Waals surface area contributed by atoms with Gasteiger partial charge in [-0.05, 0) is 24.1 Å². The Hall–Kier alpha value is -2.88. The molecule has 2 bridgehead atoms. The molecule has 2 heterocycles. The molecule has 2 aromatic carbocycles. The second kappa shape index (κ2) is 6.55. The van der Waals surface area contributed by atoms with Crippen LogP contribution in [0.2, 0.25) is 0 Å². The van der Waals surface area contributed by atoms with Gasteiger partial charge in [0.2, 0.25) is 0 Å². The highest BCUT2D eigenvalue weighted by molar-refractivity contribution is 5.74. The monoisotopic (exact) mass is 333 g/mol. The zero-order valence-electron chi connectivity index (χ0n) is 13.7. The minimum atomic E-state index is -0.411. The Kier molecular flexibility index (Phi) is 4.10. The van der Waals surface area contributed by atoms with E-state index in [4.69, 9.17) is 4.74 Å². The number of carbonyl (C=O) groups is 2. The second-order valence-electron chi connectivity index (χ2n) is 6.52. The number of hydrogen-bond acceptors (Lipinski definition) is 3. The molecule has 4 nitrogen and oxygen atoms in total. The summed E-state index contributed by atoms with van der Waals surface area (Å²) in [4.78, 5) is 26.2. The predicted molar refractivity (Wildman–Crippen MR) is 94.1 cm³/mol. The van der Waals surface area contributed by atoms with Gasteiger partial charge in [0.05, 0.1) is 12.1 Å². The van der Waals surface area contributed by atoms with E-state index in [-0.39, 0.29) is 23.9 Å². The minimum Gasteiger partial charge on any atom is -0.410 e. The number of ether oxygens (including phenoxy) is 1. The molecule has 0 N–H and O–H groups in total. The quantitative estimate of drug-likeness (QED) is 0.630. The van der Waals surface area contributed by atoms with Crippen LogP contribution in [0.4, 0.5) is 4.79 Å². The number of nitrogens with zero attached hydrogens (tertiary/aromatic N) is 1. The molecular formula is C21H19NO3. The molecule has 0 radical (unpaired) electrons. The van der Waals surface area contributed by atoms with E-state index in [1.165, 1.54) is 0 Å². The van der Waals surface area contributed by atoms with E-state index in [1.807, 2.05) is 54.6 Å². The number of piperidine rings is 1. The first kappa shape index (κ1) is 15.6. The molecule has 0 spiro atoms. The van der Waals surface area contributed by atoms with Crippen molar-refractivity contribution in [3.63, 3.8) is 0 Å². The Balaban J connectivity index is 1.69. The SMILES string of the molecule is O=C[C@H]1C[C@H]2C=C[C@H]1N(C(=O)Oc1ccccc1)C2c1ccccc1. The zero-order valence-corrected chi connectivity index (χ0v) is 13.7. The van der Waals surface area contributed by atoms with Crippen molar-refractivity contribution in [1.82, 2.24) is 4.90 Å². The van der Waals surface area contributed by atoms with Gasteiger partial charge in [-0.15, -0.1) is 0 Å². The first-order chi connectivity index (χ1) is 12.3. The van der Waals surface area contributed by atoms with Gasteiger partial charge < -0.3 is 9.53 Å². The summed E-state index contributed by atoms with van der Waals surface area (Å²) < 4.78 is 5.59. The molecule has 1 amide bonds. The third kappa shape index (κ3) is 2.84. The van der Waals surface area contributed by atoms with Crippen molar-refractivity contribution in [2.45, 2.75) is 18.5 Å². The summed E-state index contributed by atoms with van der Waals surface area (Å²) in [6, 6.07) is 18.6. The van der Waals surface area contributed by atoms with Gasteiger partial charge in [0.1, 0.15) is 12.0 Å². The maximum Gasteiger partial charge on any atom is 0.416 e. The Labute approximate surface area is 146 Å². The fourth-order valence-corrected chi connectivity index (χ4v) is 3.93. The van der Waals surface area contributed by atoms with Crippen LogP contribution in [0.1, 0.15) is 18.0 Å². The average molecular weight is 333 g/mol. The van der Waals surface area contributed by atoms with Crippen molar-refractivity contribution in [3.8, 4) is 5.75 Å². The van der Waals surface area contributed by atoms with Crippen LogP contribution in [-0.2, 0) is 4.79 Å². The van der Waals surface area contributed by atoms with Gasteiger partial charge in [-0.25, -0.2) is 4.79 Å². The Morgan fingerprint density at radius 1 is 1.00 bits per heavy atom. The number of para-hydroxylation sites is 1. The van der Waals surface area contributed by atoms with E-state index in [0.717, 1.165) is 18.3 Å². The van der Waals surface area contributed by atoms with E-state index < -0.39 is 6.09 Å². The molecule has 25 heavy (non-hydrogen) atoms. The number of rotatable bonds is 3. The maximum atomic E-state index is 13.0. The summed E-state index contributed by atoms with van der Waals surface area (Å²) in [5, 5.41) is 0. The number of benzene rings is 2. The maximum absolute atomic E-state index is 13.0. The summed E-state index contributed by atoms with van der Waals surface area (Å²) in [6.07, 6.45) is 5.42. The van der Waals surface area contributed by atoms with Crippen molar-refractivity contribution in [2.24, 2.45) is 11.8 Å². The molecule has 5 rings (SSSR count). The second-order valence-corrected chi connectivity index (χ2v) is 6.52. The lowest BCUT2D eigenvalue weighted by Gasteiger charge is -2.49. The van der Waals surface area contributed by atoms with Crippen molar-refractivity contribution >= 4 is 12.4 Å². The predicted octanol–water partition coefficient (Wildman–Crippen LogP) is 4.00. The largest absolute Gasteiger partial charge is 0.416 e. The average Bonchev–Trinajstić information content (AvgIpc) is 2.69. The highest BCUT2D eigenvalue weighted by Gasteiger charge is 2.47. The van der Waals surface area contributed by atoms with Crippen LogP contribution in [0.15, 0.2) is 72.8 Å². The molecule has 4 heteroatoms. The standard InChI is InChI=1S/C21H19NO3/c23-14-17-13-16-11-12-19(17)22(20(16)15-7-3-1-4-8-15)21(24)25-18-9-5-2-6-10-18/h1-12,14,16-17,19-20H,13H2/t16-,17-,19-,20?/m1/s1. The molecule has 126 valence electrons. The molecule has 1 fully saturated rings. The lowest BCUT2D eigenvalue weighted by molar-refractivity contribution is -0.115. The molecule has 0 aromatic heterocycles. The fraction of sp³-hybridized carbons (Fsp3) is 0.238. The van der Waals surface area contributed by atoms with Crippen LogP contribution in [-0.4, -0.2) is 23.3 Å². The Bertz CT molecular complexity index is 787. The number of amides is 1. The highest BCUT2D eigenvalue weighted by Crippen LogP contribution is 2.46. The molecule has 2 aliphatic heterocycles. The highest BCUT2D eigenvalue weighted by atomic mass is 16.6. The lowest BCUT2D eigenvalue weighted by atomic mass is 9.72. The van der Waals surface area contributed by atoms with E-state index in [0.29, 0.717) is 5.75 Å². The molecule has 4 atom stereocenters. The third-order valence-electron chi connectivity index (χ3n) is 5.04. The van der Waals surface area contributed by atoms with Crippen LogP contribution < -0.4 is 4.74 Å². The van der Waals surface area contributed by atoms with Crippen molar-refractivity contribution in [3.05, 3.63) is 78.4 Å². The normalized spacial score (nSPS) is 27.1. The smallest absolute Gasteiger partial charge is 0.410 e. The van der Waals surface area contributed by atoms with Crippen LogP contribution in [0.3, 0.4) is 0 Å². The van der Waals surface area contributed by atoms with Crippen molar-refractivity contribution in [1.29, 1.82) is 0 Å². The summed E-state index contributed by atoms with van der Waals surface area (Å²) in [7, 11) is 0. The van der Waals surface area contributed by atoms with Gasteiger partial charge in [0.15, 0.2) is 0 Å². The van der Waals surface area contributed by atoms with Gasteiger partial charge in [0, 0.05) is 11.8 Å². The number of carbonyl (C=O) groups excluding carboxylic acids is 2. The fourth-order valence-electron chi connectivity index (χ4n) is 3.93. The number of fused-ring (bicyclic) bond motifs is 2. The topological polar surface area (TPSA) is 46.6 Å². The number of hydrogen-bond donors (Lipinski definition) is 0. The van der Waals surface area contributed by atoms with Gasteiger partial charge in [-0.3, -0.25) is 4.90 Å². The van der Waals surface area contributed by atoms with Crippen LogP contribution >= 0.6 is 0 Å². The van der Waals surface area contributed by atoms with Crippen molar-refractivity contribution in [2.75, 3.05) is 0 Å². The van der Waals surface area contributed by atoms with Gasteiger partial charge in [-0.1, -0.05) is 60.7 Å². The van der Waals surface area contributed by atoms with Gasteiger partial charge >= 0.3 is 6.09 Å². The molecule has 1 saturated heterocycles. The molecule has 1 unspecified atom stereocenters. The van der Waals surface area contributed by atoms with Crippen LogP contribution in [0, 0.1) is 11.8 Å². The molecular weight excluding hydrogens is 314 g/mol. The zero-order chi connectivity index (χ0) is 17.2. The van der Waals surface area contributed by atoms with E-state index in [9.17, 15) is 9.59 Å². The van der Waals surface area contributed by atoms with Crippen molar-refractivity contribution < 1.29 is 14.3 Å². The molecule has 0 saturated carbocycles. The first-order valence-corrected chi connectivity index (χ1v) is 8.51. The van der Waals surface area contributed by atoms with E-state index >= 15 is 0 Å². The number of aldehydes is 1. The summed E-state index contributed by atoms with van der Waals surface area (Å²) in [5.74, 6) is 0.441. The minimum absolute atomic E-state index is 0.108. The van der Waals surface area contributed by atoms with Gasteiger partial charge in [-0.2, -0.15) is 0 Å². The first-order valence-electron chi connectivity index (χ1n) is 8.51. The van der Waals surface area contributed by atoms with E-state index in [2.05, 4.69) is 6.08 Å². The van der Waals surface area contributed by atoms with E-state index in [1.54, 1.807) is 17.0 Å². The van der Waals surface area contributed by atoms with Crippen LogP contribution in [0.25, 0.3) is 0 Å². The summed E-state index contributed by atoms with van der Waals surface area (Å²) in [5.41, 5.74) is 1.07. The third-order valence-corrected chi connectivity index (χ3v) is 5.04. The van der Waals surface area contributed by atoms with Crippen LogP contribution in [0.5, 0.6) is 5.75 Å². The summed E-state index contributed by atoms with van der Waals surface area (Å²) in [6.45, 7) is 0. The molecule has 2 aromatic rings. The lowest BCUT2D eigenvalue weighted by Crippen LogP contribution is -2.55. The molecule has 3 aliphatic rings. The van der Waals surface area contributed by atoms with Gasteiger partial charge in [0.25, 0.3) is 0 Å².